The number of fused-ring (bicyclic) bond motifs is 1. The van der Waals surface area contributed by atoms with Crippen LogP contribution in [-0.4, -0.2) is 63.2 Å². The molecule has 0 aliphatic carbocycles. The number of amides is 1. The smallest absolute Gasteiger partial charge is 0.264 e. The van der Waals surface area contributed by atoms with Crippen molar-refractivity contribution in [1.29, 1.82) is 0 Å². The maximum absolute atomic E-state index is 12.0. The van der Waals surface area contributed by atoms with Gasteiger partial charge in [0.1, 0.15) is 6.10 Å². The van der Waals surface area contributed by atoms with Crippen molar-refractivity contribution in [3.05, 3.63) is 30.0 Å². The number of benzene rings is 1. The molecule has 10 heteroatoms. The SMILES string of the molecule is CC(CCn1cc2cc(C#CC#CC(O)CO)ccc2n1)(C(=O)NO)S(C)(=O)=O. The fraction of sp³-hybridized carbons (Fsp3) is 0.368. The molecule has 2 unspecified atom stereocenters. The number of aryl methyl sites for hydroxylation is 1. The van der Waals surface area contributed by atoms with Gasteiger partial charge in [-0.25, -0.2) is 13.9 Å². The zero-order valence-corrected chi connectivity index (χ0v) is 16.7. The van der Waals surface area contributed by atoms with Gasteiger partial charge in [0.25, 0.3) is 5.91 Å². The average molecular weight is 419 g/mol. The van der Waals surface area contributed by atoms with Gasteiger partial charge in [-0.2, -0.15) is 5.10 Å². The van der Waals surface area contributed by atoms with Crippen molar-refractivity contribution in [2.24, 2.45) is 0 Å². The quantitative estimate of drug-likeness (QED) is 0.279. The number of carbonyl (C=O) groups excluding carboxylic acids is 1. The number of hydrogen-bond donors (Lipinski definition) is 4. The van der Waals surface area contributed by atoms with Gasteiger partial charge < -0.3 is 10.2 Å². The molecule has 0 fully saturated rings. The van der Waals surface area contributed by atoms with Crippen LogP contribution in [0.5, 0.6) is 0 Å². The molecule has 0 aliphatic rings. The molecule has 1 amide bonds. The number of hydroxylamine groups is 1. The molecule has 9 nitrogen and oxygen atoms in total. The molecular formula is C19H21N3O6S. The predicted octanol–water partition coefficient (Wildman–Crippen LogP) is -0.557. The molecule has 2 atom stereocenters. The third-order valence-electron chi connectivity index (χ3n) is 4.45. The van der Waals surface area contributed by atoms with Crippen LogP contribution in [-0.2, 0) is 21.2 Å². The van der Waals surface area contributed by atoms with Gasteiger partial charge in [0, 0.05) is 29.9 Å². The van der Waals surface area contributed by atoms with Crippen LogP contribution in [0.15, 0.2) is 24.4 Å². The highest BCUT2D eigenvalue weighted by Crippen LogP contribution is 2.23. The van der Waals surface area contributed by atoms with Gasteiger partial charge in [-0.15, -0.1) is 0 Å². The summed E-state index contributed by atoms with van der Waals surface area (Å²) in [5.41, 5.74) is 2.73. The van der Waals surface area contributed by atoms with Crippen molar-refractivity contribution in [3.63, 3.8) is 0 Å². The highest BCUT2D eigenvalue weighted by Gasteiger charge is 2.43. The Hall–Kier alpha value is -2.89. The van der Waals surface area contributed by atoms with Crippen molar-refractivity contribution in [2.75, 3.05) is 12.9 Å². The Morgan fingerprint density at radius 2 is 2.10 bits per heavy atom. The van der Waals surface area contributed by atoms with Crippen LogP contribution in [0, 0.1) is 23.7 Å². The van der Waals surface area contributed by atoms with Crippen LogP contribution < -0.4 is 5.48 Å². The molecular weight excluding hydrogens is 398 g/mol. The molecule has 1 aromatic carbocycles. The molecule has 2 aromatic rings. The summed E-state index contributed by atoms with van der Waals surface area (Å²) >= 11 is 0. The van der Waals surface area contributed by atoms with Crippen LogP contribution in [0.3, 0.4) is 0 Å². The largest absolute Gasteiger partial charge is 0.393 e. The molecule has 2 rings (SSSR count). The fourth-order valence-corrected chi connectivity index (χ4v) is 3.30. The normalized spacial score (nSPS) is 14.1. The Bertz CT molecular complexity index is 1130. The van der Waals surface area contributed by atoms with E-state index < -0.39 is 33.2 Å². The minimum atomic E-state index is -3.78. The summed E-state index contributed by atoms with van der Waals surface area (Å²) in [4.78, 5) is 11.9. The molecule has 154 valence electrons. The second kappa shape index (κ2) is 9.07. The van der Waals surface area contributed by atoms with E-state index in [1.54, 1.807) is 24.4 Å². The van der Waals surface area contributed by atoms with Crippen molar-refractivity contribution in [3.8, 4) is 23.7 Å². The lowest BCUT2D eigenvalue weighted by atomic mass is 10.1. The standard InChI is InChI=1S/C19H21N3O6S/c1-19(18(25)21-26,29(2,27)28)9-10-22-12-15-11-14(7-8-17(15)20-22)5-3-4-6-16(24)13-23/h7-8,11-12,16,23-24,26H,9-10,13H2,1-2H3,(H,21,25). The number of aromatic nitrogens is 2. The summed E-state index contributed by atoms with van der Waals surface area (Å²) in [6.07, 6.45) is 1.42. The molecule has 1 aromatic heterocycles. The summed E-state index contributed by atoms with van der Waals surface area (Å²) < 4.78 is 23.8. The van der Waals surface area contributed by atoms with E-state index >= 15 is 0 Å². The van der Waals surface area contributed by atoms with Crippen LogP contribution in [0.25, 0.3) is 10.9 Å². The molecule has 1 heterocycles. The van der Waals surface area contributed by atoms with Crippen LogP contribution >= 0.6 is 0 Å². The Morgan fingerprint density at radius 1 is 1.38 bits per heavy atom. The van der Waals surface area contributed by atoms with E-state index in [-0.39, 0.29) is 13.0 Å². The molecule has 0 bridgehead atoms. The third-order valence-corrected chi connectivity index (χ3v) is 6.48. The van der Waals surface area contributed by atoms with Crippen molar-refractivity contribution in [1.82, 2.24) is 15.3 Å². The zero-order valence-electron chi connectivity index (χ0n) is 15.9. The Labute approximate surface area is 168 Å². The average Bonchev–Trinajstić information content (AvgIpc) is 3.09. The van der Waals surface area contributed by atoms with E-state index in [0.717, 1.165) is 11.6 Å². The second-order valence-electron chi connectivity index (χ2n) is 6.58. The predicted molar refractivity (Wildman–Crippen MR) is 105 cm³/mol. The summed E-state index contributed by atoms with van der Waals surface area (Å²) in [7, 11) is -3.78. The summed E-state index contributed by atoms with van der Waals surface area (Å²) in [6.45, 7) is 0.926. The first-order valence-corrected chi connectivity index (χ1v) is 10.4. The van der Waals surface area contributed by atoms with E-state index in [4.69, 9.17) is 15.4 Å². The van der Waals surface area contributed by atoms with Gasteiger partial charge in [0.05, 0.1) is 12.1 Å². The Morgan fingerprint density at radius 3 is 2.72 bits per heavy atom. The monoisotopic (exact) mass is 419 g/mol. The van der Waals surface area contributed by atoms with Gasteiger partial charge in [-0.1, -0.05) is 11.8 Å². The number of carbonyl (C=O) groups is 1. The lowest BCUT2D eigenvalue weighted by Crippen LogP contribution is -2.49. The fourth-order valence-electron chi connectivity index (χ4n) is 2.45. The Kier molecular flexibility index (Phi) is 7.01. The van der Waals surface area contributed by atoms with Gasteiger partial charge >= 0.3 is 0 Å². The molecule has 0 saturated heterocycles. The number of nitrogens with zero attached hydrogens (tertiary/aromatic N) is 2. The van der Waals surface area contributed by atoms with Crippen LogP contribution in [0.1, 0.15) is 18.9 Å². The van der Waals surface area contributed by atoms with E-state index in [1.807, 2.05) is 0 Å². The van der Waals surface area contributed by atoms with Gasteiger partial charge in [-0.3, -0.25) is 14.7 Å². The maximum Gasteiger partial charge on any atom is 0.264 e. The minimum Gasteiger partial charge on any atom is -0.393 e. The highest BCUT2D eigenvalue weighted by atomic mass is 32.2. The maximum atomic E-state index is 12.0. The van der Waals surface area contributed by atoms with E-state index in [2.05, 4.69) is 28.8 Å². The molecule has 0 radical (unpaired) electrons. The third kappa shape index (κ3) is 5.34. The summed E-state index contributed by atoms with van der Waals surface area (Å²) in [5, 5.41) is 31.8. The lowest BCUT2D eigenvalue weighted by Gasteiger charge is -2.24. The first kappa shape index (κ1) is 22.4. The number of hydrogen-bond acceptors (Lipinski definition) is 7. The summed E-state index contributed by atoms with van der Waals surface area (Å²) in [6, 6.07) is 5.24. The Balaban J connectivity index is 2.21. The lowest BCUT2D eigenvalue weighted by molar-refractivity contribution is -0.131. The van der Waals surface area contributed by atoms with Gasteiger partial charge in [0.2, 0.25) is 0 Å². The van der Waals surface area contributed by atoms with Gasteiger partial charge in [0.15, 0.2) is 14.6 Å². The van der Waals surface area contributed by atoms with Crippen LogP contribution in [0.2, 0.25) is 0 Å². The number of sulfone groups is 1. The van der Waals surface area contributed by atoms with Gasteiger partial charge in [-0.05, 0) is 43.4 Å². The van der Waals surface area contributed by atoms with Crippen molar-refractivity contribution in [2.45, 2.75) is 30.7 Å². The first-order valence-electron chi connectivity index (χ1n) is 8.52. The van der Waals surface area contributed by atoms with Crippen molar-refractivity contribution < 1.29 is 28.6 Å². The molecule has 29 heavy (non-hydrogen) atoms. The first-order chi connectivity index (χ1) is 13.6. The molecule has 0 aliphatic heterocycles. The molecule has 4 N–H and O–H groups in total. The topological polar surface area (TPSA) is 142 Å². The second-order valence-corrected chi connectivity index (χ2v) is 9.02. The minimum absolute atomic E-state index is 0.0817. The van der Waals surface area contributed by atoms with E-state index in [9.17, 15) is 13.2 Å². The summed E-state index contributed by atoms with van der Waals surface area (Å²) in [5.74, 6) is 9.20. The van der Waals surface area contributed by atoms with E-state index in [1.165, 1.54) is 17.1 Å². The number of aliphatic hydroxyl groups excluding tert-OH is 2. The number of aliphatic hydroxyl groups is 2. The molecule has 0 saturated carbocycles. The van der Waals surface area contributed by atoms with Crippen LogP contribution in [0.4, 0.5) is 0 Å². The van der Waals surface area contributed by atoms with Crippen molar-refractivity contribution >= 4 is 26.6 Å². The van der Waals surface area contributed by atoms with E-state index in [0.29, 0.717) is 11.1 Å². The molecule has 0 spiro atoms. The number of rotatable bonds is 6. The highest BCUT2D eigenvalue weighted by molar-refractivity contribution is 7.92. The zero-order chi connectivity index (χ0) is 21.7. The number of nitrogens with one attached hydrogen (secondary N) is 1.